The van der Waals surface area contributed by atoms with Crippen LogP contribution in [0.3, 0.4) is 0 Å². The van der Waals surface area contributed by atoms with Crippen LogP contribution in [0.4, 0.5) is 4.79 Å². The number of hydrogen-bond donors (Lipinski definition) is 4. The molecular formula is C37H63N5O7S. The molecule has 0 bridgehead atoms. The van der Waals surface area contributed by atoms with Crippen LogP contribution >= 0.6 is 0 Å². The molecule has 0 aromatic heterocycles. The van der Waals surface area contributed by atoms with Crippen molar-refractivity contribution in [1.82, 2.24) is 26.2 Å². The van der Waals surface area contributed by atoms with Gasteiger partial charge in [0.1, 0.15) is 12.1 Å². The zero-order valence-corrected chi connectivity index (χ0v) is 32.3. The van der Waals surface area contributed by atoms with E-state index < -0.39 is 67.1 Å². The maximum absolute atomic E-state index is 14.5. The molecule has 0 radical (unpaired) electrons. The lowest BCUT2D eigenvalue weighted by molar-refractivity contribution is -0.144. The Bertz CT molecular complexity index is 1390. The second-order valence-corrected chi connectivity index (χ2v) is 19.7. The number of rotatable bonds is 9. The van der Waals surface area contributed by atoms with E-state index in [2.05, 4.69) is 35.1 Å². The molecule has 2 saturated carbocycles. The average molecular weight is 722 g/mol. The summed E-state index contributed by atoms with van der Waals surface area (Å²) in [6.45, 7) is 13.5. The van der Waals surface area contributed by atoms with E-state index in [1.807, 2.05) is 6.92 Å². The molecule has 4 aliphatic rings. The Labute approximate surface area is 299 Å². The number of hydrogen-bond acceptors (Lipinski definition) is 7. The summed E-state index contributed by atoms with van der Waals surface area (Å²) in [6.07, 6.45) is 9.82. The fraction of sp³-hybridized carbons (Fsp3) is 0.865. The summed E-state index contributed by atoms with van der Waals surface area (Å²) in [6, 6.07) is -3.32. The van der Waals surface area contributed by atoms with Gasteiger partial charge in [-0.25, -0.2) is 13.2 Å². The average Bonchev–Trinajstić information content (AvgIpc) is 3.37. The van der Waals surface area contributed by atoms with Crippen molar-refractivity contribution in [3.05, 3.63) is 0 Å². The molecule has 0 spiro atoms. The van der Waals surface area contributed by atoms with Gasteiger partial charge in [0, 0.05) is 13.1 Å². The summed E-state index contributed by atoms with van der Waals surface area (Å²) in [7, 11) is -3.62. The third-order valence-corrected chi connectivity index (χ3v) is 15.6. The minimum Gasteiger partial charge on any atom is -0.349 e. The highest BCUT2D eigenvalue weighted by Gasteiger charge is 2.69. The van der Waals surface area contributed by atoms with E-state index in [4.69, 9.17) is 0 Å². The zero-order valence-electron chi connectivity index (χ0n) is 31.5. The first-order chi connectivity index (χ1) is 23.4. The number of Topliss-reactive ketones (excluding diaryl/α,β-unsaturated/α-hetero) is 1. The number of piperidine rings is 1. The fourth-order valence-electron chi connectivity index (χ4n) is 8.99. The molecule has 4 N–H and O–H groups in total. The third kappa shape index (κ3) is 8.02. The van der Waals surface area contributed by atoms with Crippen molar-refractivity contribution < 1.29 is 32.4 Å². The van der Waals surface area contributed by atoms with Gasteiger partial charge in [-0.15, -0.1) is 0 Å². The molecule has 5 amide bonds. The predicted molar refractivity (Wildman–Crippen MR) is 193 cm³/mol. The lowest BCUT2D eigenvalue weighted by Crippen LogP contribution is -2.68. The first-order valence-corrected chi connectivity index (χ1v) is 20.7. The summed E-state index contributed by atoms with van der Waals surface area (Å²) < 4.78 is 26.1. The Morgan fingerprint density at radius 1 is 0.940 bits per heavy atom. The van der Waals surface area contributed by atoms with Gasteiger partial charge in [-0.2, -0.15) is 0 Å². The van der Waals surface area contributed by atoms with Crippen LogP contribution in [0.25, 0.3) is 0 Å². The van der Waals surface area contributed by atoms with Crippen molar-refractivity contribution >= 4 is 39.4 Å². The van der Waals surface area contributed by atoms with Gasteiger partial charge in [0.15, 0.2) is 9.84 Å². The summed E-state index contributed by atoms with van der Waals surface area (Å²) in [5.41, 5.74) is -1.19. The Morgan fingerprint density at radius 3 is 2.12 bits per heavy atom. The van der Waals surface area contributed by atoms with E-state index in [-0.39, 0.29) is 23.2 Å². The van der Waals surface area contributed by atoms with Gasteiger partial charge in [0.25, 0.3) is 5.91 Å². The van der Waals surface area contributed by atoms with E-state index in [0.29, 0.717) is 58.0 Å². The maximum atomic E-state index is 14.5. The normalized spacial score (nSPS) is 29.0. The number of sulfone groups is 1. The SMILES string of the molecule is CCCNC(=O)C(=O)[C@@H]1CCCCCCCC[C@H](NC(=O)NC2(C(C)(C)S(=O)(=O)C(C)C)CCCCC2)C(=O)N2C[C@H]3[C@@H]([C@H]2C(=O)N1)C3(C)C. The molecule has 50 heavy (non-hydrogen) atoms. The molecule has 2 aliphatic heterocycles. The molecule has 0 aromatic rings. The monoisotopic (exact) mass is 721 g/mol. The highest BCUT2D eigenvalue weighted by molar-refractivity contribution is 7.93. The number of fused-ring (bicyclic) bond motifs is 3. The second-order valence-electron chi connectivity index (χ2n) is 16.7. The van der Waals surface area contributed by atoms with Crippen LogP contribution in [0.2, 0.25) is 0 Å². The molecule has 2 heterocycles. The molecule has 4 rings (SSSR count). The first-order valence-electron chi connectivity index (χ1n) is 19.2. The Kier molecular flexibility index (Phi) is 12.7. The topological polar surface area (TPSA) is 171 Å². The van der Waals surface area contributed by atoms with Gasteiger partial charge in [-0.05, 0) is 77.0 Å². The van der Waals surface area contributed by atoms with E-state index in [1.165, 1.54) is 0 Å². The number of amides is 5. The largest absolute Gasteiger partial charge is 0.349 e. The Hall–Kier alpha value is -2.70. The van der Waals surface area contributed by atoms with Gasteiger partial charge in [0.05, 0.1) is 21.6 Å². The van der Waals surface area contributed by atoms with Gasteiger partial charge in [-0.3, -0.25) is 19.2 Å². The van der Waals surface area contributed by atoms with Crippen LogP contribution in [0.5, 0.6) is 0 Å². The van der Waals surface area contributed by atoms with Crippen molar-refractivity contribution in [2.75, 3.05) is 13.1 Å². The fourth-order valence-corrected chi connectivity index (χ4v) is 11.0. The molecular weight excluding hydrogens is 659 g/mol. The lowest BCUT2D eigenvalue weighted by Gasteiger charge is -2.49. The minimum absolute atomic E-state index is 0.0881. The summed E-state index contributed by atoms with van der Waals surface area (Å²) in [5.74, 6) is -2.21. The van der Waals surface area contributed by atoms with Crippen LogP contribution in [0.1, 0.15) is 138 Å². The van der Waals surface area contributed by atoms with Crippen LogP contribution in [-0.2, 0) is 29.0 Å². The number of carbonyl (C=O) groups excluding carboxylic acids is 5. The van der Waals surface area contributed by atoms with Crippen LogP contribution in [0, 0.1) is 17.3 Å². The van der Waals surface area contributed by atoms with Crippen LogP contribution in [0.15, 0.2) is 0 Å². The van der Waals surface area contributed by atoms with Crippen LogP contribution < -0.4 is 21.3 Å². The van der Waals surface area contributed by atoms with Gasteiger partial charge >= 0.3 is 6.03 Å². The standard InChI is InChI=1S/C37H63N5O7S/c1-8-22-38-32(45)30(43)26-18-14-11-9-10-12-15-19-27(33(46)42-23-25-28(35(25,4)5)29(42)31(44)39-26)40-34(47)41-37(20-16-13-17-21-37)36(6,7)50(48,49)24(2)3/h24-29H,8-23H2,1-7H3,(H,38,45)(H,39,44)(H2,40,41,47)/t25-,26-,27-,28-,29-/m0/s1. The lowest BCUT2D eigenvalue weighted by atomic mass is 9.73. The molecule has 12 nitrogen and oxygen atoms in total. The first kappa shape index (κ1) is 40.1. The van der Waals surface area contributed by atoms with Crippen molar-refractivity contribution in [2.45, 2.75) is 172 Å². The molecule has 5 atom stereocenters. The van der Waals surface area contributed by atoms with E-state index in [0.717, 1.165) is 44.9 Å². The van der Waals surface area contributed by atoms with Gasteiger partial charge in [0.2, 0.25) is 17.6 Å². The summed E-state index contributed by atoms with van der Waals surface area (Å²) in [5, 5.41) is 10.9. The molecule has 284 valence electrons. The maximum Gasteiger partial charge on any atom is 0.315 e. The van der Waals surface area contributed by atoms with Crippen molar-refractivity contribution in [3.8, 4) is 0 Å². The third-order valence-electron chi connectivity index (χ3n) is 12.5. The summed E-state index contributed by atoms with van der Waals surface area (Å²) in [4.78, 5) is 70.0. The molecule has 0 unspecified atom stereocenters. The number of nitrogens with one attached hydrogen (secondary N) is 4. The highest BCUT2D eigenvalue weighted by Crippen LogP contribution is 2.65. The minimum atomic E-state index is -3.62. The summed E-state index contributed by atoms with van der Waals surface area (Å²) >= 11 is 0. The number of urea groups is 1. The molecule has 13 heteroatoms. The second kappa shape index (κ2) is 15.9. The molecule has 2 aliphatic carbocycles. The van der Waals surface area contributed by atoms with Crippen molar-refractivity contribution in [2.24, 2.45) is 17.3 Å². The number of nitrogens with zero attached hydrogens (tertiary/aromatic N) is 1. The smallest absolute Gasteiger partial charge is 0.315 e. The molecule has 0 aromatic carbocycles. The molecule has 4 fully saturated rings. The van der Waals surface area contributed by atoms with E-state index in [1.54, 1.807) is 32.6 Å². The predicted octanol–water partition coefficient (Wildman–Crippen LogP) is 4.16. The van der Waals surface area contributed by atoms with Crippen molar-refractivity contribution in [3.63, 3.8) is 0 Å². The number of carbonyl (C=O) groups is 5. The van der Waals surface area contributed by atoms with Gasteiger partial charge < -0.3 is 26.2 Å². The highest BCUT2D eigenvalue weighted by atomic mass is 32.2. The zero-order chi connectivity index (χ0) is 37.1. The Morgan fingerprint density at radius 2 is 1.52 bits per heavy atom. The van der Waals surface area contributed by atoms with Crippen molar-refractivity contribution in [1.29, 1.82) is 0 Å². The van der Waals surface area contributed by atoms with Crippen LogP contribution in [-0.4, -0.2) is 89.6 Å². The Balaban J connectivity index is 1.60. The van der Waals surface area contributed by atoms with Gasteiger partial charge in [-0.1, -0.05) is 78.6 Å². The van der Waals surface area contributed by atoms with E-state index >= 15 is 0 Å². The van der Waals surface area contributed by atoms with E-state index in [9.17, 15) is 32.4 Å². The molecule has 2 saturated heterocycles. The quantitative estimate of drug-likeness (QED) is 0.259. The number of ketones is 1.